The second kappa shape index (κ2) is 5.36. The number of benzene rings is 2. The monoisotopic (exact) mass is 242 g/mol. The minimum Gasteiger partial charge on any atom is -0.506 e. The Bertz CT molecular complexity index is 547. The highest BCUT2D eigenvalue weighted by molar-refractivity contribution is 5.95. The molecule has 2 aromatic carbocycles. The van der Waals surface area contributed by atoms with Crippen LogP contribution in [0.5, 0.6) is 5.75 Å². The maximum absolute atomic E-state index is 11.7. The Morgan fingerprint density at radius 3 is 2.50 bits per heavy atom. The molecular weight excluding hydrogens is 228 g/mol. The molecule has 0 fully saturated rings. The Hall–Kier alpha value is -2.29. The van der Waals surface area contributed by atoms with E-state index in [0.717, 1.165) is 5.56 Å². The molecule has 0 radical (unpaired) electrons. The van der Waals surface area contributed by atoms with Crippen LogP contribution in [-0.4, -0.2) is 17.7 Å². The molecule has 0 spiro atoms. The summed E-state index contributed by atoms with van der Waals surface area (Å²) in [7, 11) is 0. The Morgan fingerprint density at radius 1 is 1.11 bits per heavy atom. The third-order valence-corrected chi connectivity index (χ3v) is 2.62. The molecule has 18 heavy (non-hydrogen) atoms. The summed E-state index contributed by atoms with van der Waals surface area (Å²) in [5.74, 6) is -0.546. The van der Waals surface area contributed by atoms with Crippen LogP contribution in [0.1, 0.15) is 17.3 Å². The zero-order valence-corrected chi connectivity index (χ0v) is 10.1. The number of ether oxygens (including phenoxy) is 1. The predicted molar refractivity (Wildman–Crippen MR) is 69.5 cm³/mol. The molecular formula is C15H14O3. The lowest BCUT2D eigenvalue weighted by Gasteiger charge is -2.09. The number of rotatable bonds is 3. The van der Waals surface area contributed by atoms with E-state index in [0.29, 0.717) is 5.56 Å². The van der Waals surface area contributed by atoms with Crippen LogP contribution < -0.4 is 0 Å². The molecule has 0 heterocycles. The van der Waals surface area contributed by atoms with Crippen LogP contribution in [0.2, 0.25) is 0 Å². The summed E-state index contributed by atoms with van der Waals surface area (Å²) in [5.41, 5.74) is 1.68. The zero-order chi connectivity index (χ0) is 13.0. The fourth-order valence-electron chi connectivity index (χ4n) is 1.77. The van der Waals surface area contributed by atoms with Gasteiger partial charge in [0.1, 0.15) is 11.3 Å². The maximum atomic E-state index is 11.7. The molecule has 3 nitrogen and oxygen atoms in total. The molecule has 2 aromatic rings. The van der Waals surface area contributed by atoms with Crippen molar-refractivity contribution in [3.63, 3.8) is 0 Å². The van der Waals surface area contributed by atoms with Gasteiger partial charge in [0.25, 0.3) is 0 Å². The Kier molecular flexibility index (Phi) is 3.63. The molecule has 0 atom stereocenters. The summed E-state index contributed by atoms with van der Waals surface area (Å²) in [6.07, 6.45) is 0. The van der Waals surface area contributed by atoms with E-state index in [4.69, 9.17) is 4.74 Å². The van der Waals surface area contributed by atoms with Gasteiger partial charge in [-0.15, -0.1) is 0 Å². The van der Waals surface area contributed by atoms with Gasteiger partial charge in [-0.2, -0.15) is 0 Å². The van der Waals surface area contributed by atoms with Crippen molar-refractivity contribution < 1.29 is 14.6 Å². The lowest BCUT2D eigenvalue weighted by Crippen LogP contribution is -2.05. The third kappa shape index (κ3) is 2.35. The number of hydrogen-bond acceptors (Lipinski definition) is 3. The highest BCUT2D eigenvalue weighted by Gasteiger charge is 2.15. The summed E-state index contributed by atoms with van der Waals surface area (Å²) in [4.78, 5) is 11.7. The summed E-state index contributed by atoms with van der Waals surface area (Å²) >= 11 is 0. The van der Waals surface area contributed by atoms with Gasteiger partial charge in [-0.05, 0) is 18.6 Å². The number of carbonyl (C=O) groups is 1. The van der Waals surface area contributed by atoms with Crippen LogP contribution in [0, 0.1) is 0 Å². The fraction of sp³-hybridized carbons (Fsp3) is 0.133. The van der Waals surface area contributed by atoms with E-state index in [1.807, 2.05) is 30.3 Å². The van der Waals surface area contributed by atoms with Crippen LogP contribution >= 0.6 is 0 Å². The first kappa shape index (κ1) is 12.2. The molecule has 0 aliphatic rings. The van der Waals surface area contributed by atoms with Crippen LogP contribution in [0.4, 0.5) is 0 Å². The lowest BCUT2D eigenvalue weighted by atomic mass is 10.0. The predicted octanol–water partition coefficient (Wildman–Crippen LogP) is 3.24. The van der Waals surface area contributed by atoms with E-state index >= 15 is 0 Å². The Balaban J connectivity index is 2.46. The van der Waals surface area contributed by atoms with Gasteiger partial charge in [0.05, 0.1) is 6.61 Å². The van der Waals surface area contributed by atoms with Crippen molar-refractivity contribution in [2.45, 2.75) is 6.92 Å². The second-order valence-corrected chi connectivity index (χ2v) is 3.79. The SMILES string of the molecule is CCOC(=O)c1cccc(-c2ccccc2)c1O. The van der Waals surface area contributed by atoms with Crippen molar-refractivity contribution in [2.24, 2.45) is 0 Å². The second-order valence-electron chi connectivity index (χ2n) is 3.79. The highest BCUT2D eigenvalue weighted by Crippen LogP contribution is 2.32. The standard InChI is InChI=1S/C15H14O3/c1-2-18-15(17)13-10-6-9-12(14(13)16)11-7-4-3-5-8-11/h3-10,16H,2H2,1H3. The largest absolute Gasteiger partial charge is 0.506 e. The van der Waals surface area contributed by atoms with Crippen molar-refractivity contribution in [3.05, 3.63) is 54.1 Å². The van der Waals surface area contributed by atoms with Gasteiger partial charge < -0.3 is 9.84 Å². The molecule has 0 saturated carbocycles. The van der Waals surface area contributed by atoms with Crippen LogP contribution in [0.3, 0.4) is 0 Å². The number of hydrogen-bond donors (Lipinski definition) is 1. The van der Waals surface area contributed by atoms with E-state index in [9.17, 15) is 9.90 Å². The number of carbonyl (C=O) groups excluding carboxylic acids is 1. The van der Waals surface area contributed by atoms with Crippen molar-refractivity contribution in [1.29, 1.82) is 0 Å². The van der Waals surface area contributed by atoms with Crippen molar-refractivity contribution in [1.82, 2.24) is 0 Å². The smallest absolute Gasteiger partial charge is 0.341 e. The minimum absolute atomic E-state index is 0.0397. The van der Waals surface area contributed by atoms with Gasteiger partial charge in [-0.1, -0.05) is 42.5 Å². The number of phenolic OH excluding ortho intramolecular Hbond substituents is 1. The van der Waals surface area contributed by atoms with Gasteiger partial charge in [-0.25, -0.2) is 4.79 Å². The Morgan fingerprint density at radius 2 is 1.83 bits per heavy atom. The fourth-order valence-corrected chi connectivity index (χ4v) is 1.77. The quantitative estimate of drug-likeness (QED) is 0.840. The number of para-hydroxylation sites is 1. The van der Waals surface area contributed by atoms with Crippen molar-refractivity contribution in [2.75, 3.05) is 6.61 Å². The summed E-state index contributed by atoms with van der Waals surface area (Å²) in [5, 5.41) is 10.1. The van der Waals surface area contributed by atoms with E-state index < -0.39 is 5.97 Å². The molecule has 0 aliphatic heterocycles. The first-order valence-electron chi connectivity index (χ1n) is 5.78. The van der Waals surface area contributed by atoms with E-state index in [1.165, 1.54) is 0 Å². The normalized spacial score (nSPS) is 10.1. The first-order chi connectivity index (χ1) is 8.74. The molecule has 0 bridgehead atoms. The van der Waals surface area contributed by atoms with Crippen LogP contribution in [0.15, 0.2) is 48.5 Å². The molecule has 92 valence electrons. The van der Waals surface area contributed by atoms with Crippen molar-refractivity contribution in [3.8, 4) is 16.9 Å². The average Bonchev–Trinajstić information content (AvgIpc) is 2.40. The molecule has 2 rings (SSSR count). The van der Waals surface area contributed by atoms with E-state index in [1.54, 1.807) is 25.1 Å². The topological polar surface area (TPSA) is 46.5 Å². The van der Waals surface area contributed by atoms with Gasteiger partial charge in [-0.3, -0.25) is 0 Å². The summed E-state index contributed by atoms with van der Waals surface area (Å²) < 4.78 is 4.90. The lowest BCUT2D eigenvalue weighted by molar-refractivity contribution is 0.0523. The molecule has 3 heteroatoms. The van der Waals surface area contributed by atoms with Crippen LogP contribution in [0.25, 0.3) is 11.1 Å². The molecule has 0 unspecified atom stereocenters. The molecule has 0 aliphatic carbocycles. The average molecular weight is 242 g/mol. The third-order valence-electron chi connectivity index (χ3n) is 2.62. The first-order valence-corrected chi connectivity index (χ1v) is 5.78. The molecule has 0 aromatic heterocycles. The van der Waals surface area contributed by atoms with Gasteiger partial charge in [0.15, 0.2) is 0 Å². The van der Waals surface area contributed by atoms with Gasteiger partial charge in [0, 0.05) is 5.56 Å². The highest BCUT2D eigenvalue weighted by atomic mass is 16.5. The molecule has 1 N–H and O–H groups in total. The maximum Gasteiger partial charge on any atom is 0.341 e. The van der Waals surface area contributed by atoms with Crippen molar-refractivity contribution >= 4 is 5.97 Å². The molecule has 0 saturated heterocycles. The van der Waals surface area contributed by atoms with E-state index in [-0.39, 0.29) is 17.9 Å². The summed E-state index contributed by atoms with van der Waals surface area (Å²) in [6.45, 7) is 2.02. The van der Waals surface area contributed by atoms with Gasteiger partial charge >= 0.3 is 5.97 Å². The zero-order valence-electron chi connectivity index (χ0n) is 10.1. The summed E-state index contributed by atoms with van der Waals surface area (Å²) in [6, 6.07) is 14.5. The number of aromatic hydroxyl groups is 1. The molecule has 0 amide bonds. The van der Waals surface area contributed by atoms with E-state index in [2.05, 4.69) is 0 Å². The van der Waals surface area contributed by atoms with Gasteiger partial charge in [0.2, 0.25) is 0 Å². The minimum atomic E-state index is -0.507. The van der Waals surface area contributed by atoms with Crippen LogP contribution in [-0.2, 0) is 4.74 Å². The Labute approximate surface area is 106 Å². The number of phenols is 1. The number of esters is 1.